The van der Waals surface area contributed by atoms with Crippen LogP contribution < -0.4 is 9.47 Å². The van der Waals surface area contributed by atoms with Crippen molar-refractivity contribution in [2.75, 3.05) is 14.2 Å². The van der Waals surface area contributed by atoms with Gasteiger partial charge in [-0.3, -0.25) is 0 Å². The predicted octanol–water partition coefficient (Wildman–Crippen LogP) is 3.74. The molecule has 2 fully saturated rings. The maximum absolute atomic E-state index is 6.10. The van der Waals surface area contributed by atoms with Crippen molar-refractivity contribution in [3.63, 3.8) is 0 Å². The van der Waals surface area contributed by atoms with Gasteiger partial charge < -0.3 is 23.7 Å². The largest absolute Gasteiger partial charge is 0.497 e. The van der Waals surface area contributed by atoms with E-state index in [-0.39, 0.29) is 24.4 Å². The van der Waals surface area contributed by atoms with Crippen LogP contribution in [0.25, 0.3) is 0 Å². The van der Waals surface area contributed by atoms with Gasteiger partial charge in [-0.05, 0) is 48.2 Å². The second-order valence-electron chi connectivity index (χ2n) is 7.04. The van der Waals surface area contributed by atoms with Crippen molar-refractivity contribution in [1.82, 2.24) is 0 Å². The van der Waals surface area contributed by atoms with E-state index in [4.69, 9.17) is 23.7 Å². The van der Waals surface area contributed by atoms with E-state index < -0.39 is 0 Å². The molecular formula is C22H26O5. The summed E-state index contributed by atoms with van der Waals surface area (Å²) >= 11 is 0. The van der Waals surface area contributed by atoms with E-state index in [0.29, 0.717) is 13.2 Å². The van der Waals surface area contributed by atoms with Crippen molar-refractivity contribution in [1.29, 1.82) is 0 Å². The summed E-state index contributed by atoms with van der Waals surface area (Å²) in [5.74, 6) is 1.72. The Bertz CT molecular complexity index is 664. The van der Waals surface area contributed by atoms with Gasteiger partial charge in [0.05, 0.1) is 39.6 Å². The summed E-state index contributed by atoms with van der Waals surface area (Å²) in [6, 6.07) is 16.0. The summed E-state index contributed by atoms with van der Waals surface area (Å²) in [5, 5.41) is 0. The first kappa shape index (κ1) is 18.3. The Labute approximate surface area is 160 Å². The molecule has 0 unspecified atom stereocenters. The zero-order valence-corrected chi connectivity index (χ0v) is 15.8. The molecule has 0 aromatic heterocycles. The Balaban J connectivity index is 1.22. The quantitative estimate of drug-likeness (QED) is 0.663. The number of methoxy groups -OCH3 is 2. The van der Waals surface area contributed by atoms with Gasteiger partial charge in [0.25, 0.3) is 0 Å². The van der Waals surface area contributed by atoms with Crippen molar-refractivity contribution in [2.24, 2.45) is 0 Å². The highest BCUT2D eigenvalue weighted by Gasteiger charge is 2.54. The van der Waals surface area contributed by atoms with Gasteiger partial charge in [0.15, 0.2) is 0 Å². The van der Waals surface area contributed by atoms with Crippen LogP contribution in [0, 0.1) is 0 Å². The van der Waals surface area contributed by atoms with Crippen LogP contribution in [-0.4, -0.2) is 38.6 Å². The monoisotopic (exact) mass is 370 g/mol. The Morgan fingerprint density at radius 1 is 0.704 bits per heavy atom. The smallest absolute Gasteiger partial charge is 0.118 e. The molecule has 4 atom stereocenters. The number of rotatable bonds is 8. The van der Waals surface area contributed by atoms with Gasteiger partial charge in [-0.2, -0.15) is 0 Å². The van der Waals surface area contributed by atoms with E-state index in [2.05, 4.69) is 0 Å². The third-order valence-corrected chi connectivity index (χ3v) is 5.28. The number of epoxide rings is 1. The molecule has 1 saturated heterocycles. The third kappa shape index (κ3) is 4.43. The molecule has 1 heterocycles. The summed E-state index contributed by atoms with van der Waals surface area (Å²) in [6.07, 6.45) is 2.56. The van der Waals surface area contributed by atoms with Crippen LogP contribution in [0.1, 0.15) is 24.0 Å². The highest BCUT2D eigenvalue weighted by Crippen LogP contribution is 2.40. The predicted molar refractivity (Wildman–Crippen MR) is 101 cm³/mol. The highest BCUT2D eigenvalue weighted by atomic mass is 16.6. The van der Waals surface area contributed by atoms with E-state index in [1.807, 2.05) is 48.5 Å². The number of hydrogen-bond donors (Lipinski definition) is 0. The molecule has 2 aromatic carbocycles. The first-order valence-electron chi connectivity index (χ1n) is 9.41. The summed E-state index contributed by atoms with van der Waals surface area (Å²) in [5.41, 5.74) is 2.29. The third-order valence-electron chi connectivity index (χ3n) is 5.28. The molecule has 27 heavy (non-hydrogen) atoms. The molecule has 0 radical (unpaired) electrons. The molecule has 5 heteroatoms. The SMILES string of the molecule is COc1ccc(CO[C@H]2CC[C@@H](OCc3ccc(OC)cc3)[C@H]3O[C@H]32)cc1. The summed E-state index contributed by atoms with van der Waals surface area (Å²) in [4.78, 5) is 0. The summed E-state index contributed by atoms with van der Waals surface area (Å²) in [6.45, 7) is 1.19. The fraction of sp³-hybridized carbons (Fsp3) is 0.455. The van der Waals surface area contributed by atoms with E-state index in [1.54, 1.807) is 14.2 Å². The minimum atomic E-state index is 0.151. The normalized spacial score (nSPS) is 26.3. The fourth-order valence-electron chi connectivity index (χ4n) is 3.60. The molecule has 144 valence electrons. The molecule has 0 spiro atoms. The van der Waals surface area contributed by atoms with Gasteiger partial charge in [-0.1, -0.05) is 24.3 Å². The zero-order chi connectivity index (χ0) is 18.6. The summed E-state index contributed by atoms with van der Waals surface area (Å²) < 4.78 is 28.4. The Morgan fingerprint density at radius 3 is 1.48 bits per heavy atom. The standard InChI is InChI=1S/C22H26O5/c1-23-17-7-3-15(4-8-17)13-25-19-11-12-20(22-21(19)27-22)26-14-16-5-9-18(24-2)10-6-16/h3-10,19-22H,11-14H2,1-2H3/t19-,20+,21-,22+. The first-order valence-corrected chi connectivity index (χ1v) is 9.41. The molecule has 0 bridgehead atoms. The van der Waals surface area contributed by atoms with Gasteiger partial charge in [-0.25, -0.2) is 0 Å². The molecule has 2 aliphatic rings. The Hall–Kier alpha value is -2.08. The zero-order valence-electron chi connectivity index (χ0n) is 15.8. The number of benzene rings is 2. The number of fused-ring (bicyclic) bond motifs is 1. The lowest BCUT2D eigenvalue weighted by atomic mass is 9.95. The van der Waals surface area contributed by atoms with Crippen molar-refractivity contribution in [3.8, 4) is 11.5 Å². The van der Waals surface area contributed by atoms with Gasteiger partial charge in [-0.15, -0.1) is 0 Å². The molecule has 5 nitrogen and oxygen atoms in total. The topological polar surface area (TPSA) is 49.5 Å². The highest BCUT2D eigenvalue weighted by molar-refractivity contribution is 5.27. The van der Waals surface area contributed by atoms with E-state index >= 15 is 0 Å². The van der Waals surface area contributed by atoms with Crippen LogP contribution in [0.4, 0.5) is 0 Å². The van der Waals surface area contributed by atoms with Crippen molar-refractivity contribution < 1.29 is 23.7 Å². The van der Waals surface area contributed by atoms with Crippen LogP contribution in [-0.2, 0) is 27.4 Å². The minimum absolute atomic E-state index is 0.151. The number of ether oxygens (including phenoxy) is 5. The molecule has 4 rings (SSSR count). The Kier molecular flexibility index (Phi) is 5.62. The molecule has 0 amide bonds. The summed E-state index contributed by atoms with van der Waals surface area (Å²) in [7, 11) is 3.34. The minimum Gasteiger partial charge on any atom is -0.497 e. The average molecular weight is 370 g/mol. The Morgan fingerprint density at radius 2 is 1.11 bits per heavy atom. The van der Waals surface area contributed by atoms with E-state index in [1.165, 1.54) is 0 Å². The fourth-order valence-corrected chi connectivity index (χ4v) is 3.60. The maximum atomic E-state index is 6.10. The van der Waals surface area contributed by atoms with Crippen molar-refractivity contribution in [3.05, 3.63) is 59.7 Å². The van der Waals surface area contributed by atoms with Crippen LogP contribution >= 0.6 is 0 Å². The molecule has 0 N–H and O–H groups in total. The average Bonchev–Trinajstić information content (AvgIpc) is 3.53. The van der Waals surface area contributed by atoms with Gasteiger partial charge >= 0.3 is 0 Å². The van der Waals surface area contributed by atoms with E-state index in [0.717, 1.165) is 35.5 Å². The van der Waals surface area contributed by atoms with Crippen LogP contribution in [0.2, 0.25) is 0 Å². The second kappa shape index (κ2) is 8.30. The second-order valence-corrected chi connectivity index (χ2v) is 7.04. The van der Waals surface area contributed by atoms with Gasteiger partial charge in [0.2, 0.25) is 0 Å². The molecular weight excluding hydrogens is 344 g/mol. The van der Waals surface area contributed by atoms with Crippen LogP contribution in [0.3, 0.4) is 0 Å². The van der Waals surface area contributed by atoms with Gasteiger partial charge in [0, 0.05) is 0 Å². The first-order chi connectivity index (χ1) is 13.3. The lowest BCUT2D eigenvalue weighted by Crippen LogP contribution is -2.34. The van der Waals surface area contributed by atoms with Gasteiger partial charge in [0.1, 0.15) is 23.7 Å². The molecule has 1 saturated carbocycles. The van der Waals surface area contributed by atoms with Crippen LogP contribution in [0.5, 0.6) is 11.5 Å². The van der Waals surface area contributed by atoms with Crippen LogP contribution in [0.15, 0.2) is 48.5 Å². The lowest BCUT2D eigenvalue weighted by molar-refractivity contribution is -0.0236. The molecule has 1 aliphatic carbocycles. The van der Waals surface area contributed by atoms with Crippen molar-refractivity contribution in [2.45, 2.75) is 50.5 Å². The number of hydrogen-bond acceptors (Lipinski definition) is 5. The molecule has 2 aromatic rings. The maximum Gasteiger partial charge on any atom is 0.118 e. The molecule has 1 aliphatic heterocycles. The van der Waals surface area contributed by atoms with E-state index in [9.17, 15) is 0 Å². The lowest BCUT2D eigenvalue weighted by Gasteiger charge is -2.25. The van der Waals surface area contributed by atoms with Crippen molar-refractivity contribution >= 4 is 0 Å².